The summed E-state index contributed by atoms with van der Waals surface area (Å²) < 4.78 is 2.35. The van der Waals surface area contributed by atoms with E-state index in [9.17, 15) is 0 Å². The summed E-state index contributed by atoms with van der Waals surface area (Å²) in [6.45, 7) is 10.4. The number of hydrogen-bond donors (Lipinski definition) is 1. The van der Waals surface area contributed by atoms with Crippen LogP contribution in [0.5, 0.6) is 0 Å². The van der Waals surface area contributed by atoms with Gasteiger partial charge >= 0.3 is 0 Å². The maximum absolute atomic E-state index is 5.97. The molecule has 1 heterocycles. The first-order valence-corrected chi connectivity index (χ1v) is 7.25. The molecule has 1 aromatic heterocycles. The van der Waals surface area contributed by atoms with E-state index in [0.717, 1.165) is 24.3 Å². The number of nitrogens with zero attached hydrogens (tertiary/aromatic N) is 2. The first-order valence-electron chi connectivity index (χ1n) is 7.25. The summed E-state index contributed by atoms with van der Waals surface area (Å²) in [6, 6.07) is 6.51. The summed E-state index contributed by atoms with van der Waals surface area (Å²) in [4.78, 5) is 4.87. The first-order chi connectivity index (χ1) is 9.08. The van der Waals surface area contributed by atoms with E-state index < -0.39 is 0 Å². The number of benzene rings is 1. The van der Waals surface area contributed by atoms with Gasteiger partial charge < -0.3 is 10.3 Å². The molecule has 2 rings (SSSR count). The summed E-state index contributed by atoms with van der Waals surface area (Å²) >= 11 is 0. The van der Waals surface area contributed by atoms with Crippen molar-refractivity contribution in [1.29, 1.82) is 0 Å². The van der Waals surface area contributed by atoms with Crippen LogP contribution in [0.4, 0.5) is 0 Å². The fourth-order valence-electron chi connectivity index (χ4n) is 2.68. The Bertz CT molecular complexity index is 554. The van der Waals surface area contributed by atoms with Crippen molar-refractivity contribution < 1.29 is 0 Å². The molecular weight excluding hydrogens is 234 g/mol. The summed E-state index contributed by atoms with van der Waals surface area (Å²) in [5.41, 5.74) is 9.56. The molecular formula is C16H25N3. The van der Waals surface area contributed by atoms with Gasteiger partial charge in [0.15, 0.2) is 0 Å². The summed E-state index contributed by atoms with van der Waals surface area (Å²) in [5, 5.41) is 0. The van der Waals surface area contributed by atoms with E-state index >= 15 is 0 Å². The van der Waals surface area contributed by atoms with E-state index in [1.54, 1.807) is 0 Å². The van der Waals surface area contributed by atoms with Crippen molar-refractivity contribution in [2.45, 2.75) is 46.6 Å². The molecule has 3 nitrogen and oxygen atoms in total. The van der Waals surface area contributed by atoms with Crippen molar-refractivity contribution in [2.24, 2.45) is 11.7 Å². The average Bonchev–Trinajstić information content (AvgIpc) is 2.68. The van der Waals surface area contributed by atoms with Crippen LogP contribution in [0, 0.1) is 12.8 Å². The molecule has 0 aliphatic heterocycles. The number of aromatic nitrogens is 2. The zero-order chi connectivity index (χ0) is 14.0. The van der Waals surface area contributed by atoms with Crippen LogP contribution in [0.15, 0.2) is 18.2 Å². The Labute approximate surface area is 115 Å². The lowest BCUT2D eigenvalue weighted by molar-refractivity contribution is 0.462. The molecule has 0 fully saturated rings. The van der Waals surface area contributed by atoms with E-state index in [0.29, 0.717) is 18.4 Å². The Kier molecular flexibility index (Phi) is 4.25. The van der Waals surface area contributed by atoms with Gasteiger partial charge in [-0.25, -0.2) is 4.98 Å². The van der Waals surface area contributed by atoms with Crippen molar-refractivity contribution in [3.05, 3.63) is 29.6 Å². The van der Waals surface area contributed by atoms with Crippen LogP contribution in [-0.4, -0.2) is 16.1 Å². The van der Waals surface area contributed by atoms with Gasteiger partial charge in [0.2, 0.25) is 0 Å². The topological polar surface area (TPSA) is 43.8 Å². The van der Waals surface area contributed by atoms with Crippen LogP contribution in [-0.2, 0) is 6.54 Å². The van der Waals surface area contributed by atoms with Gasteiger partial charge in [-0.3, -0.25) is 0 Å². The quantitative estimate of drug-likeness (QED) is 0.893. The maximum Gasteiger partial charge on any atom is 0.114 e. The van der Waals surface area contributed by atoms with Crippen LogP contribution in [0.2, 0.25) is 0 Å². The van der Waals surface area contributed by atoms with Crippen molar-refractivity contribution >= 4 is 11.0 Å². The Morgan fingerprint density at radius 3 is 2.63 bits per heavy atom. The lowest BCUT2D eigenvalue weighted by atomic mass is 9.95. The number of aryl methyl sites for hydroxylation is 2. The first kappa shape index (κ1) is 14.1. The van der Waals surface area contributed by atoms with Crippen LogP contribution in [0.3, 0.4) is 0 Å². The fourth-order valence-corrected chi connectivity index (χ4v) is 2.68. The van der Waals surface area contributed by atoms with Gasteiger partial charge in [0.05, 0.1) is 11.0 Å². The van der Waals surface area contributed by atoms with Crippen molar-refractivity contribution in [1.82, 2.24) is 9.55 Å². The van der Waals surface area contributed by atoms with Gasteiger partial charge in [0.1, 0.15) is 5.82 Å². The van der Waals surface area contributed by atoms with Crippen molar-refractivity contribution in [3.8, 4) is 0 Å². The van der Waals surface area contributed by atoms with E-state index in [4.69, 9.17) is 10.7 Å². The second-order valence-corrected chi connectivity index (χ2v) is 5.70. The standard InChI is InChI=1S/C16H25N3/c1-5-8-19-15-7-6-12(4)9-14(15)18-16(19)13(10-17)11(2)3/h6-7,9,11,13H,5,8,10,17H2,1-4H3. The van der Waals surface area contributed by atoms with Gasteiger partial charge in [0.25, 0.3) is 0 Å². The molecule has 1 atom stereocenters. The Balaban J connectivity index is 2.61. The number of hydrogen-bond acceptors (Lipinski definition) is 2. The zero-order valence-corrected chi connectivity index (χ0v) is 12.5. The molecule has 19 heavy (non-hydrogen) atoms. The molecule has 0 bridgehead atoms. The second kappa shape index (κ2) is 5.74. The highest BCUT2D eigenvalue weighted by Gasteiger charge is 2.21. The lowest BCUT2D eigenvalue weighted by Crippen LogP contribution is -2.22. The van der Waals surface area contributed by atoms with Gasteiger partial charge in [0, 0.05) is 19.0 Å². The van der Waals surface area contributed by atoms with E-state index in [1.165, 1.54) is 11.1 Å². The average molecular weight is 259 g/mol. The predicted octanol–water partition coefficient (Wildman–Crippen LogP) is 3.45. The molecule has 2 aromatic rings. The lowest BCUT2D eigenvalue weighted by Gasteiger charge is -2.20. The Morgan fingerprint density at radius 1 is 1.32 bits per heavy atom. The molecule has 104 valence electrons. The third-order valence-corrected chi connectivity index (χ3v) is 3.77. The van der Waals surface area contributed by atoms with E-state index in [1.807, 2.05) is 0 Å². The molecule has 0 spiro atoms. The molecule has 0 aliphatic carbocycles. The van der Waals surface area contributed by atoms with Crippen molar-refractivity contribution in [3.63, 3.8) is 0 Å². The monoisotopic (exact) mass is 259 g/mol. The third kappa shape index (κ3) is 2.66. The minimum atomic E-state index is 0.333. The smallest absolute Gasteiger partial charge is 0.114 e. The van der Waals surface area contributed by atoms with Crippen LogP contribution < -0.4 is 5.73 Å². The zero-order valence-electron chi connectivity index (χ0n) is 12.5. The third-order valence-electron chi connectivity index (χ3n) is 3.77. The Morgan fingerprint density at radius 2 is 2.05 bits per heavy atom. The Hall–Kier alpha value is -1.35. The largest absolute Gasteiger partial charge is 0.330 e. The molecule has 0 saturated carbocycles. The summed E-state index contributed by atoms with van der Waals surface area (Å²) in [6.07, 6.45) is 1.11. The summed E-state index contributed by atoms with van der Waals surface area (Å²) in [7, 11) is 0. The molecule has 0 aliphatic rings. The molecule has 1 unspecified atom stereocenters. The fraction of sp³-hybridized carbons (Fsp3) is 0.562. The highest BCUT2D eigenvalue weighted by Crippen LogP contribution is 2.27. The van der Waals surface area contributed by atoms with Crippen LogP contribution in [0.25, 0.3) is 11.0 Å². The number of imidazole rings is 1. The van der Waals surface area contributed by atoms with Gasteiger partial charge in [-0.1, -0.05) is 26.8 Å². The van der Waals surface area contributed by atoms with E-state index in [-0.39, 0.29) is 0 Å². The minimum Gasteiger partial charge on any atom is -0.330 e. The predicted molar refractivity (Wildman–Crippen MR) is 81.4 cm³/mol. The highest BCUT2D eigenvalue weighted by molar-refractivity contribution is 5.77. The molecule has 3 heteroatoms. The molecule has 2 N–H and O–H groups in total. The maximum atomic E-state index is 5.97. The van der Waals surface area contributed by atoms with Gasteiger partial charge in [-0.15, -0.1) is 0 Å². The van der Waals surface area contributed by atoms with E-state index in [2.05, 4.69) is 50.5 Å². The van der Waals surface area contributed by atoms with Crippen LogP contribution >= 0.6 is 0 Å². The SMILES string of the molecule is CCCn1c(C(CN)C(C)C)nc2cc(C)ccc21. The number of nitrogens with two attached hydrogens (primary N) is 1. The van der Waals surface area contributed by atoms with Crippen molar-refractivity contribution in [2.75, 3.05) is 6.54 Å². The summed E-state index contributed by atoms with van der Waals surface area (Å²) in [5.74, 6) is 2.00. The molecule has 0 radical (unpaired) electrons. The highest BCUT2D eigenvalue weighted by atomic mass is 15.1. The molecule has 1 aromatic carbocycles. The van der Waals surface area contributed by atoms with Crippen LogP contribution in [0.1, 0.15) is 44.5 Å². The minimum absolute atomic E-state index is 0.333. The van der Waals surface area contributed by atoms with Gasteiger partial charge in [-0.2, -0.15) is 0 Å². The number of fused-ring (bicyclic) bond motifs is 1. The normalized spacial score (nSPS) is 13.4. The molecule has 0 saturated heterocycles. The second-order valence-electron chi connectivity index (χ2n) is 5.70. The van der Waals surface area contributed by atoms with Gasteiger partial charge in [-0.05, 0) is 37.0 Å². The number of rotatable bonds is 5. The molecule has 0 amide bonds.